The lowest BCUT2D eigenvalue weighted by Crippen LogP contribution is -2.38. The number of aryl methyl sites for hydroxylation is 2. The summed E-state index contributed by atoms with van der Waals surface area (Å²) >= 11 is 0. The molecule has 1 atom stereocenters. The van der Waals surface area contributed by atoms with Crippen molar-refractivity contribution in [1.82, 2.24) is 14.9 Å². The summed E-state index contributed by atoms with van der Waals surface area (Å²) in [7, 11) is 1.71. The average molecular weight is 399 g/mol. The Morgan fingerprint density at radius 2 is 1.97 bits per heavy atom. The minimum atomic E-state index is -0.0726. The fourth-order valence-electron chi connectivity index (χ4n) is 4.30. The second kappa shape index (κ2) is 8.55. The van der Waals surface area contributed by atoms with Gasteiger partial charge in [-0.1, -0.05) is 6.07 Å². The molecule has 1 unspecified atom stereocenters. The SMILES string of the molecule is COc1cc(C)c(CN2CCC(c3cc(=O)[nH]c(N4CCOCC4)n3)C2)cc1C. The molecule has 0 bridgehead atoms. The number of likely N-dealkylation sites (tertiary alicyclic amines) is 1. The highest BCUT2D eigenvalue weighted by atomic mass is 16.5. The molecular formula is C22H30N4O3. The van der Waals surface area contributed by atoms with Gasteiger partial charge in [0.05, 0.1) is 26.0 Å². The Morgan fingerprint density at radius 1 is 1.17 bits per heavy atom. The molecule has 0 saturated carbocycles. The van der Waals surface area contributed by atoms with Gasteiger partial charge in [0.25, 0.3) is 5.56 Å². The predicted octanol–water partition coefficient (Wildman–Crippen LogP) is 2.22. The zero-order valence-corrected chi connectivity index (χ0v) is 17.5. The number of H-pyrrole nitrogens is 1. The minimum absolute atomic E-state index is 0.0726. The molecular weight excluding hydrogens is 368 g/mol. The summed E-state index contributed by atoms with van der Waals surface area (Å²) < 4.78 is 10.8. The largest absolute Gasteiger partial charge is 0.496 e. The van der Waals surface area contributed by atoms with Crippen LogP contribution in [0.4, 0.5) is 5.95 Å². The zero-order valence-electron chi connectivity index (χ0n) is 17.5. The molecule has 2 fully saturated rings. The Balaban J connectivity index is 1.47. The van der Waals surface area contributed by atoms with Crippen molar-refractivity contribution < 1.29 is 9.47 Å². The molecule has 1 N–H and O–H groups in total. The van der Waals surface area contributed by atoms with Gasteiger partial charge in [-0.15, -0.1) is 0 Å². The summed E-state index contributed by atoms with van der Waals surface area (Å²) in [6, 6.07) is 6.01. The minimum Gasteiger partial charge on any atom is -0.496 e. The van der Waals surface area contributed by atoms with Crippen molar-refractivity contribution in [1.29, 1.82) is 0 Å². The van der Waals surface area contributed by atoms with E-state index in [9.17, 15) is 4.79 Å². The Bertz CT molecular complexity index is 921. The van der Waals surface area contributed by atoms with Gasteiger partial charge >= 0.3 is 0 Å². The number of nitrogens with zero attached hydrogens (tertiary/aromatic N) is 3. The van der Waals surface area contributed by atoms with E-state index in [1.165, 1.54) is 11.1 Å². The van der Waals surface area contributed by atoms with Gasteiger partial charge in [0.1, 0.15) is 5.75 Å². The summed E-state index contributed by atoms with van der Waals surface area (Å²) in [5.41, 5.74) is 4.57. The number of ether oxygens (including phenoxy) is 2. The van der Waals surface area contributed by atoms with Crippen LogP contribution in [0.25, 0.3) is 0 Å². The molecule has 0 radical (unpaired) electrons. The van der Waals surface area contributed by atoms with Gasteiger partial charge in [0.2, 0.25) is 5.95 Å². The summed E-state index contributed by atoms with van der Waals surface area (Å²) in [5, 5.41) is 0. The van der Waals surface area contributed by atoms with Gasteiger partial charge < -0.3 is 14.4 Å². The molecule has 2 aliphatic heterocycles. The van der Waals surface area contributed by atoms with E-state index in [1.807, 2.05) is 0 Å². The highest BCUT2D eigenvalue weighted by molar-refractivity contribution is 5.41. The molecule has 7 heteroatoms. The third kappa shape index (κ3) is 4.46. The average Bonchev–Trinajstić information content (AvgIpc) is 3.19. The Hall–Kier alpha value is -2.38. The van der Waals surface area contributed by atoms with E-state index in [-0.39, 0.29) is 11.5 Å². The van der Waals surface area contributed by atoms with Gasteiger partial charge in [-0.3, -0.25) is 14.7 Å². The third-order valence-corrected chi connectivity index (χ3v) is 6.00. The number of anilines is 1. The number of methoxy groups -OCH3 is 1. The molecule has 1 aromatic heterocycles. The first-order valence-corrected chi connectivity index (χ1v) is 10.3. The number of nitrogens with one attached hydrogen (secondary N) is 1. The van der Waals surface area contributed by atoms with Crippen molar-refractivity contribution >= 4 is 5.95 Å². The topological polar surface area (TPSA) is 70.7 Å². The van der Waals surface area contributed by atoms with Crippen LogP contribution in [0.3, 0.4) is 0 Å². The van der Waals surface area contributed by atoms with Crippen LogP contribution in [0.2, 0.25) is 0 Å². The van der Waals surface area contributed by atoms with Crippen LogP contribution < -0.4 is 15.2 Å². The molecule has 4 rings (SSSR count). The third-order valence-electron chi connectivity index (χ3n) is 6.00. The van der Waals surface area contributed by atoms with Gasteiger partial charge in [0, 0.05) is 38.2 Å². The van der Waals surface area contributed by atoms with Gasteiger partial charge in [-0.25, -0.2) is 4.98 Å². The van der Waals surface area contributed by atoms with E-state index in [2.05, 4.69) is 40.8 Å². The molecule has 0 amide bonds. The van der Waals surface area contributed by atoms with E-state index < -0.39 is 0 Å². The van der Waals surface area contributed by atoms with Crippen LogP contribution in [-0.2, 0) is 11.3 Å². The molecule has 2 aromatic rings. The van der Waals surface area contributed by atoms with Crippen molar-refractivity contribution in [3.05, 3.63) is 50.9 Å². The number of aromatic nitrogens is 2. The first kappa shape index (κ1) is 19.9. The number of hydrogen-bond acceptors (Lipinski definition) is 6. The molecule has 156 valence electrons. The second-order valence-corrected chi connectivity index (χ2v) is 8.06. The number of morpholine rings is 1. The van der Waals surface area contributed by atoms with Crippen molar-refractivity contribution in [3.63, 3.8) is 0 Å². The molecule has 7 nitrogen and oxygen atoms in total. The highest BCUT2D eigenvalue weighted by Gasteiger charge is 2.27. The van der Waals surface area contributed by atoms with Crippen molar-refractivity contribution in [3.8, 4) is 5.75 Å². The van der Waals surface area contributed by atoms with Crippen LogP contribution in [0.15, 0.2) is 23.0 Å². The van der Waals surface area contributed by atoms with Crippen LogP contribution >= 0.6 is 0 Å². The number of aromatic amines is 1. The summed E-state index contributed by atoms with van der Waals surface area (Å²) in [5.74, 6) is 1.90. The van der Waals surface area contributed by atoms with Crippen molar-refractivity contribution in [2.45, 2.75) is 32.7 Å². The Kier molecular flexibility index (Phi) is 5.87. The molecule has 0 spiro atoms. The number of hydrogen-bond donors (Lipinski definition) is 1. The lowest BCUT2D eigenvalue weighted by Gasteiger charge is -2.27. The molecule has 29 heavy (non-hydrogen) atoms. The van der Waals surface area contributed by atoms with Gasteiger partial charge in [-0.2, -0.15) is 0 Å². The van der Waals surface area contributed by atoms with Crippen LogP contribution in [0, 0.1) is 13.8 Å². The van der Waals surface area contributed by atoms with Crippen molar-refractivity contribution in [2.75, 3.05) is 51.4 Å². The second-order valence-electron chi connectivity index (χ2n) is 8.06. The zero-order chi connectivity index (χ0) is 20.4. The maximum atomic E-state index is 12.2. The first-order chi connectivity index (χ1) is 14.0. The molecule has 2 aliphatic rings. The van der Waals surface area contributed by atoms with Gasteiger partial charge in [0.15, 0.2) is 0 Å². The molecule has 2 saturated heterocycles. The maximum absolute atomic E-state index is 12.2. The highest BCUT2D eigenvalue weighted by Crippen LogP contribution is 2.29. The maximum Gasteiger partial charge on any atom is 0.252 e. The lowest BCUT2D eigenvalue weighted by atomic mass is 10.0. The van der Waals surface area contributed by atoms with Gasteiger partial charge in [-0.05, 0) is 49.6 Å². The standard InChI is InChI=1S/C22H30N4O3/c1-15-11-20(28-3)16(2)10-18(15)14-25-5-4-17(13-25)19-12-21(27)24-22(23-19)26-6-8-29-9-7-26/h10-12,17H,4-9,13-14H2,1-3H3,(H,23,24,27). The monoisotopic (exact) mass is 398 g/mol. The number of rotatable bonds is 5. The van der Waals surface area contributed by atoms with E-state index in [0.717, 1.165) is 56.2 Å². The smallest absolute Gasteiger partial charge is 0.252 e. The van der Waals surface area contributed by atoms with E-state index in [1.54, 1.807) is 13.2 Å². The molecule has 0 aliphatic carbocycles. The fraction of sp³-hybridized carbons (Fsp3) is 0.545. The Labute approximate surface area is 171 Å². The summed E-state index contributed by atoms with van der Waals surface area (Å²) in [6.07, 6.45) is 1.02. The lowest BCUT2D eigenvalue weighted by molar-refractivity contribution is 0.122. The summed E-state index contributed by atoms with van der Waals surface area (Å²) in [4.78, 5) is 24.5. The first-order valence-electron chi connectivity index (χ1n) is 10.3. The van der Waals surface area contributed by atoms with E-state index in [4.69, 9.17) is 14.5 Å². The van der Waals surface area contributed by atoms with Crippen LogP contribution in [0.5, 0.6) is 5.75 Å². The molecule has 3 heterocycles. The number of benzene rings is 1. The van der Waals surface area contributed by atoms with Crippen LogP contribution in [-0.4, -0.2) is 61.4 Å². The normalized spacial score (nSPS) is 20.2. The van der Waals surface area contributed by atoms with Crippen LogP contribution in [0.1, 0.15) is 34.7 Å². The predicted molar refractivity (Wildman–Crippen MR) is 113 cm³/mol. The molecule has 1 aromatic carbocycles. The quantitative estimate of drug-likeness (QED) is 0.833. The Morgan fingerprint density at radius 3 is 2.72 bits per heavy atom. The van der Waals surface area contributed by atoms with Crippen molar-refractivity contribution in [2.24, 2.45) is 0 Å². The fourth-order valence-corrected chi connectivity index (χ4v) is 4.30. The van der Waals surface area contributed by atoms with E-state index >= 15 is 0 Å². The van der Waals surface area contributed by atoms with E-state index in [0.29, 0.717) is 19.2 Å². The summed E-state index contributed by atoms with van der Waals surface area (Å²) in [6.45, 7) is 9.93.